The fraction of sp³-hybridized carbons (Fsp3) is 0.412. The number of aromatic hydroxyl groups is 1. The predicted molar refractivity (Wildman–Crippen MR) is 257 cm³/mol. The number of imide groups is 2. The number of piperazine rings is 3. The Morgan fingerprint density at radius 3 is 2.34 bits per heavy atom. The molecule has 0 spiro atoms. The number of nitrogens with one attached hydrogen (secondary N) is 2. The highest BCUT2D eigenvalue weighted by Crippen LogP contribution is 2.40. The Labute approximate surface area is 406 Å². The minimum absolute atomic E-state index is 0.0133. The van der Waals surface area contributed by atoms with E-state index in [1.54, 1.807) is 18.2 Å². The molecule has 71 heavy (non-hydrogen) atoms. The first-order valence-electron chi connectivity index (χ1n) is 24.2. The summed E-state index contributed by atoms with van der Waals surface area (Å²) in [6.45, 7) is 7.68. The summed E-state index contributed by atoms with van der Waals surface area (Å²) in [4.78, 5) is 89.6. The smallest absolute Gasteiger partial charge is 0.319 e. The van der Waals surface area contributed by atoms with E-state index in [-0.39, 0.29) is 88.1 Å². The molecule has 5 fully saturated rings. The van der Waals surface area contributed by atoms with Gasteiger partial charge in [-0.2, -0.15) is 9.97 Å². The summed E-state index contributed by atoms with van der Waals surface area (Å²) < 4.78 is 38.1. The number of pyridine rings is 1. The standard InChI is InChI=1S/C51H51F2N11O7/c1-2-34-39(52)9-4-29-22-33(65)24-37(43(29)34)45-44(53)46-38(25-54-45)47(63-26-30-5-6-31(27-63)55-30)58-51(57-46)71-21-3-12-59-13-15-60(16-14-59)28-42(67)62-19-17-61(18-20-62)32-7-8-35-36(23-32)50(70)64(49(35)69)40-10-11-41(66)56-48(40)68/h1,4,7-9,22-25,30-31,40,55,65H,3,5-6,10-21,26-28H2,(H,56,66,68). The number of amides is 5. The summed E-state index contributed by atoms with van der Waals surface area (Å²) in [5.74, 6) is -0.823. The average Bonchev–Trinajstić information content (AvgIpc) is 3.84. The van der Waals surface area contributed by atoms with Gasteiger partial charge in [0.2, 0.25) is 17.7 Å². The number of carbonyl (C=O) groups is 5. The molecule has 0 saturated carbocycles. The number of phenols is 1. The maximum absolute atomic E-state index is 17.0. The van der Waals surface area contributed by atoms with E-state index in [0.29, 0.717) is 81.9 Å². The first-order valence-corrected chi connectivity index (χ1v) is 24.2. The molecule has 6 aliphatic heterocycles. The number of terminal acetylenes is 1. The topological polar surface area (TPSA) is 197 Å². The van der Waals surface area contributed by atoms with E-state index >= 15 is 4.39 Å². The van der Waals surface area contributed by atoms with Gasteiger partial charge in [0.25, 0.3) is 11.8 Å². The van der Waals surface area contributed by atoms with Gasteiger partial charge in [0.1, 0.15) is 34.6 Å². The number of phenolic OH excluding ortho intramolecular Hbond substituents is 1. The van der Waals surface area contributed by atoms with Gasteiger partial charge in [-0.25, -0.2) is 8.78 Å². The van der Waals surface area contributed by atoms with Gasteiger partial charge in [-0.15, -0.1) is 6.42 Å². The Bertz CT molecular complexity index is 3070. The molecule has 5 saturated heterocycles. The zero-order valence-corrected chi connectivity index (χ0v) is 38.8. The summed E-state index contributed by atoms with van der Waals surface area (Å²) in [5, 5.41) is 17.6. The number of aromatic nitrogens is 3. The van der Waals surface area contributed by atoms with E-state index < -0.39 is 41.3 Å². The van der Waals surface area contributed by atoms with E-state index in [1.807, 2.05) is 4.90 Å². The van der Waals surface area contributed by atoms with Gasteiger partial charge in [-0.3, -0.25) is 44.1 Å². The molecular formula is C51H51F2N11O7. The number of carbonyl (C=O) groups excluding carboxylic acids is 5. The molecule has 0 aliphatic carbocycles. The zero-order chi connectivity index (χ0) is 49.1. The molecule has 6 aliphatic rings. The van der Waals surface area contributed by atoms with Gasteiger partial charge < -0.3 is 34.8 Å². The number of halogens is 2. The molecule has 0 radical (unpaired) electrons. The minimum Gasteiger partial charge on any atom is -0.508 e. The van der Waals surface area contributed by atoms with Crippen LogP contribution in [-0.4, -0.2) is 172 Å². The lowest BCUT2D eigenvalue weighted by Crippen LogP contribution is -2.54. The Hall–Kier alpha value is -7.34. The third kappa shape index (κ3) is 8.71. The maximum atomic E-state index is 17.0. The minimum atomic E-state index is -1.03. The van der Waals surface area contributed by atoms with Crippen molar-refractivity contribution in [2.75, 3.05) is 94.9 Å². The molecule has 3 aromatic carbocycles. The van der Waals surface area contributed by atoms with Crippen molar-refractivity contribution >= 4 is 62.7 Å². The third-order valence-corrected chi connectivity index (χ3v) is 14.7. The van der Waals surface area contributed by atoms with Gasteiger partial charge in [-0.05, 0) is 67.5 Å². The largest absolute Gasteiger partial charge is 0.508 e. The van der Waals surface area contributed by atoms with Gasteiger partial charge in [0, 0.05) is 113 Å². The summed E-state index contributed by atoms with van der Waals surface area (Å²) in [6.07, 6.45) is 10.1. The van der Waals surface area contributed by atoms with Crippen molar-refractivity contribution in [2.24, 2.45) is 0 Å². The van der Waals surface area contributed by atoms with Gasteiger partial charge in [0.05, 0.1) is 35.2 Å². The second kappa shape index (κ2) is 18.8. The Balaban J connectivity index is 0.691. The second-order valence-electron chi connectivity index (χ2n) is 19.1. The van der Waals surface area contributed by atoms with Crippen LogP contribution in [0.1, 0.15) is 58.4 Å². The van der Waals surface area contributed by atoms with Crippen molar-refractivity contribution in [3.8, 4) is 35.4 Å². The Morgan fingerprint density at radius 2 is 1.59 bits per heavy atom. The molecule has 3 atom stereocenters. The number of nitrogens with zero attached hydrogens (tertiary/aromatic N) is 9. The Morgan fingerprint density at radius 1 is 0.845 bits per heavy atom. The summed E-state index contributed by atoms with van der Waals surface area (Å²) >= 11 is 0. The van der Waals surface area contributed by atoms with E-state index in [1.165, 1.54) is 30.5 Å². The van der Waals surface area contributed by atoms with Crippen LogP contribution in [0.3, 0.4) is 0 Å². The first kappa shape index (κ1) is 46.1. The fourth-order valence-corrected chi connectivity index (χ4v) is 11.0. The van der Waals surface area contributed by atoms with E-state index in [0.717, 1.165) is 43.1 Å². The van der Waals surface area contributed by atoms with Crippen LogP contribution in [0.5, 0.6) is 11.8 Å². The molecule has 11 rings (SSSR count). The van der Waals surface area contributed by atoms with Crippen LogP contribution in [0.4, 0.5) is 20.3 Å². The van der Waals surface area contributed by atoms with E-state index in [2.05, 4.69) is 46.1 Å². The molecule has 3 N–H and O–H groups in total. The van der Waals surface area contributed by atoms with Crippen LogP contribution >= 0.6 is 0 Å². The fourth-order valence-electron chi connectivity index (χ4n) is 11.0. The van der Waals surface area contributed by atoms with Crippen LogP contribution in [-0.2, 0) is 14.4 Å². The highest BCUT2D eigenvalue weighted by molar-refractivity contribution is 6.23. The van der Waals surface area contributed by atoms with Gasteiger partial charge >= 0.3 is 6.01 Å². The van der Waals surface area contributed by atoms with Crippen molar-refractivity contribution in [1.29, 1.82) is 0 Å². The first-order chi connectivity index (χ1) is 34.4. The highest BCUT2D eigenvalue weighted by atomic mass is 19.1. The molecule has 366 valence electrons. The van der Waals surface area contributed by atoms with Crippen LogP contribution in [0.25, 0.3) is 32.9 Å². The maximum Gasteiger partial charge on any atom is 0.319 e. The number of rotatable bonds is 11. The number of ether oxygens (including phenoxy) is 1. The van der Waals surface area contributed by atoms with Crippen molar-refractivity contribution in [2.45, 2.75) is 50.2 Å². The number of anilines is 2. The van der Waals surface area contributed by atoms with Crippen molar-refractivity contribution in [3.05, 3.63) is 77.0 Å². The van der Waals surface area contributed by atoms with E-state index in [9.17, 15) is 33.5 Å². The molecule has 2 aromatic heterocycles. The number of hydrogen-bond donors (Lipinski definition) is 3. The quantitative estimate of drug-likeness (QED) is 0.0993. The summed E-state index contributed by atoms with van der Waals surface area (Å²) in [6, 6.07) is 10.0. The molecule has 5 aromatic rings. The molecular weight excluding hydrogens is 917 g/mol. The molecule has 2 bridgehead atoms. The average molecular weight is 968 g/mol. The van der Waals surface area contributed by atoms with Crippen LogP contribution in [0.15, 0.2) is 48.7 Å². The molecule has 5 amide bonds. The molecule has 8 heterocycles. The highest BCUT2D eigenvalue weighted by Gasteiger charge is 2.45. The number of hydrogen-bond acceptors (Lipinski definition) is 15. The molecule has 3 unspecified atom stereocenters. The SMILES string of the molecule is C#Cc1c(F)ccc2cc(O)cc(-c3ncc4c(N5CC6CCC(C5)N6)nc(OCCCN5CCN(CC(=O)N6CCN(c7ccc8c(c7)C(=O)N(C7CCC(=O)NC7=O)C8=O)CC6)CC5)nc4c3F)c12. The van der Waals surface area contributed by atoms with Crippen LogP contribution in [0.2, 0.25) is 0 Å². The van der Waals surface area contributed by atoms with E-state index in [4.69, 9.17) is 16.1 Å². The number of fused-ring (bicyclic) bond motifs is 5. The zero-order valence-electron chi connectivity index (χ0n) is 38.8. The summed E-state index contributed by atoms with van der Waals surface area (Å²) in [5.41, 5.74) is 1.11. The predicted octanol–water partition coefficient (Wildman–Crippen LogP) is 2.89. The molecule has 20 heteroatoms. The molecule has 18 nitrogen and oxygen atoms in total. The van der Waals surface area contributed by atoms with Gasteiger partial charge in [-0.1, -0.05) is 12.0 Å². The summed E-state index contributed by atoms with van der Waals surface area (Å²) in [7, 11) is 0. The lowest BCUT2D eigenvalue weighted by molar-refractivity contribution is -0.136. The Kier molecular flexibility index (Phi) is 12.2. The van der Waals surface area contributed by atoms with Crippen molar-refractivity contribution in [1.82, 2.24) is 45.2 Å². The second-order valence-corrected chi connectivity index (χ2v) is 19.1. The van der Waals surface area contributed by atoms with Crippen molar-refractivity contribution < 1.29 is 42.6 Å². The van der Waals surface area contributed by atoms with Crippen LogP contribution in [0, 0.1) is 24.0 Å². The van der Waals surface area contributed by atoms with Crippen LogP contribution < -0.4 is 25.2 Å². The number of piperidine rings is 1. The lowest BCUT2D eigenvalue weighted by Gasteiger charge is -2.38. The third-order valence-electron chi connectivity index (χ3n) is 14.7. The monoisotopic (exact) mass is 967 g/mol. The van der Waals surface area contributed by atoms with Crippen molar-refractivity contribution in [3.63, 3.8) is 0 Å². The normalized spacial score (nSPS) is 21.8. The van der Waals surface area contributed by atoms with Gasteiger partial charge in [0.15, 0.2) is 5.82 Å². The lowest BCUT2D eigenvalue weighted by atomic mass is 9.96. The number of benzene rings is 3.